The van der Waals surface area contributed by atoms with E-state index in [-0.39, 0.29) is 22.0 Å². The molecule has 0 amide bonds. The molecule has 0 bridgehead atoms. The normalized spacial score (nSPS) is 12.7. The van der Waals surface area contributed by atoms with Crippen LogP contribution in [0.1, 0.15) is 39.2 Å². The first-order valence-electron chi connectivity index (χ1n) is 6.41. The molecule has 0 aliphatic heterocycles. The van der Waals surface area contributed by atoms with Gasteiger partial charge in [0.2, 0.25) is 10.0 Å². The van der Waals surface area contributed by atoms with Gasteiger partial charge in [0.25, 0.3) is 0 Å². The summed E-state index contributed by atoms with van der Waals surface area (Å²) in [5, 5.41) is -0.139. The summed E-state index contributed by atoms with van der Waals surface area (Å²) < 4.78 is 41.0. The van der Waals surface area contributed by atoms with Gasteiger partial charge >= 0.3 is 0 Å². The van der Waals surface area contributed by atoms with Gasteiger partial charge in [0.15, 0.2) is 0 Å². The summed E-state index contributed by atoms with van der Waals surface area (Å²) in [5.74, 6) is -0.787. The minimum atomic E-state index is -3.82. The van der Waals surface area contributed by atoms with Crippen LogP contribution >= 0.6 is 11.6 Å². The molecule has 0 spiro atoms. The average Bonchev–Trinajstić information content (AvgIpc) is 2.40. The van der Waals surface area contributed by atoms with E-state index in [1.54, 1.807) is 6.92 Å². The standard InChI is InChI=1S/C13H20ClFN2O2S/c1-4-13(3,5-2)17-20(18,19)10-6-9(8-16)12(14)11(15)7-10/h6-7,17H,4-5,8,16H2,1-3H3. The van der Waals surface area contributed by atoms with Crippen LogP contribution in [0.5, 0.6) is 0 Å². The van der Waals surface area contributed by atoms with Crippen LogP contribution in [0, 0.1) is 5.82 Å². The Morgan fingerprint density at radius 3 is 2.35 bits per heavy atom. The van der Waals surface area contributed by atoms with E-state index < -0.39 is 21.4 Å². The predicted octanol–water partition coefficient (Wildman–Crippen LogP) is 2.79. The summed E-state index contributed by atoms with van der Waals surface area (Å²) in [7, 11) is -3.82. The molecular weight excluding hydrogens is 303 g/mol. The van der Waals surface area contributed by atoms with Gasteiger partial charge in [-0.2, -0.15) is 0 Å². The Balaban J connectivity index is 3.26. The maximum Gasteiger partial charge on any atom is 0.241 e. The first-order chi connectivity index (χ1) is 9.19. The Hall–Kier alpha value is -0.690. The number of sulfonamides is 1. The molecule has 7 heteroatoms. The lowest BCUT2D eigenvalue weighted by molar-refractivity contribution is 0.388. The molecule has 0 unspecified atom stereocenters. The molecule has 3 N–H and O–H groups in total. The predicted molar refractivity (Wildman–Crippen MR) is 78.6 cm³/mol. The number of hydrogen-bond donors (Lipinski definition) is 2. The highest BCUT2D eigenvalue weighted by atomic mass is 35.5. The van der Waals surface area contributed by atoms with E-state index in [1.807, 2.05) is 13.8 Å². The fourth-order valence-corrected chi connectivity index (χ4v) is 3.50. The summed E-state index contributed by atoms with van der Waals surface area (Å²) in [5.41, 5.74) is 5.14. The summed E-state index contributed by atoms with van der Waals surface area (Å²) in [4.78, 5) is -0.159. The smallest absolute Gasteiger partial charge is 0.241 e. The molecule has 0 aromatic heterocycles. The zero-order valence-corrected chi connectivity index (χ0v) is 13.4. The van der Waals surface area contributed by atoms with Gasteiger partial charge in [0.05, 0.1) is 9.92 Å². The van der Waals surface area contributed by atoms with Gasteiger partial charge in [0.1, 0.15) is 5.82 Å². The van der Waals surface area contributed by atoms with Crippen molar-refractivity contribution < 1.29 is 12.8 Å². The number of rotatable bonds is 6. The van der Waals surface area contributed by atoms with Crippen LogP contribution in [0.25, 0.3) is 0 Å². The van der Waals surface area contributed by atoms with Crippen molar-refractivity contribution in [2.45, 2.75) is 50.6 Å². The Bertz CT molecular complexity index is 586. The zero-order valence-electron chi connectivity index (χ0n) is 11.8. The van der Waals surface area contributed by atoms with E-state index in [1.165, 1.54) is 6.07 Å². The molecule has 0 atom stereocenters. The van der Waals surface area contributed by atoms with Crippen LogP contribution in [-0.2, 0) is 16.6 Å². The minimum absolute atomic E-state index is 0.0298. The van der Waals surface area contributed by atoms with Crippen molar-refractivity contribution in [3.05, 3.63) is 28.5 Å². The molecule has 0 saturated carbocycles. The first-order valence-corrected chi connectivity index (χ1v) is 8.27. The third-order valence-corrected chi connectivity index (χ3v) is 5.59. The molecule has 1 aromatic carbocycles. The number of hydrogen-bond acceptors (Lipinski definition) is 3. The summed E-state index contributed by atoms with van der Waals surface area (Å²) in [6.07, 6.45) is 1.26. The van der Waals surface area contributed by atoms with Gasteiger partial charge in [-0.3, -0.25) is 0 Å². The van der Waals surface area contributed by atoms with Crippen LogP contribution < -0.4 is 10.5 Å². The first kappa shape index (κ1) is 17.4. The number of halogens is 2. The molecule has 114 valence electrons. The summed E-state index contributed by atoms with van der Waals surface area (Å²) in [6, 6.07) is 2.22. The highest BCUT2D eigenvalue weighted by Gasteiger charge is 2.28. The van der Waals surface area contributed by atoms with Crippen molar-refractivity contribution in [3.8, 4) is 0 Å². The van der Waals surface area contributed by atoms with Gasteiger partial charge in [-0.1, -0.05) is 25.4 Å². The van der Waals surface area contributed by atoms with E-state index in [2.05, 4.69) is 4.72 Å². The Morgan fingerprint density at radius 2 is 1.90 bits per heavy atom. The summed E-state index contributed by atoms with van der Waals surface area (Å²) in [6.45, 7) is 5.55. The maximum atomic E-state index is 13.7. The Labute approximate surface area is 124 Å². The molecule has 0 aliphatic rings. The summed E-state index contributed by atoms with van der Waals surface area (Å²) >= 11 is 5.73. The molecule has 0 fully saturated rings. The number of nitrogens with one attached hydrogen (secondary N) is 1. The minimum Gasteiger partial charge on any atom is -0.326 e. The van der Waals surface area contributed by atoms with Gasteiger partial charge in [-0.15, -0.1) is 0 Å². The zero-order chi connectivity index (χ0) is 15.6. The second-order valence-electron chi connectivity index (χ2n) is 4.96. The fraction of sp³-hybridized carbons (Fsp3) is 0.538. The van der Waals surface area contributed by atoms with Crippen molar-refractivity contribution in [3.63, 3.8) is 0 Å². The van der Waals surface area contributed by atoms with Gasteiger partial charge < -0.3 is 5.73 Å². The molecule has 0 heterocycles. The second kappa shape index (κ2) is 6.39. The molecule has 1 aromatic rings. The van der Waals surface area contributed by atoms with Crippen LogP contribution in [0.3, 0.4) is 0 Å². The molecule has 20 heavy (non-hydrogen) atoms. The topological polar surface area (TPSA) is 72.2 Å². The quantitative estimate of drug-likeness (QED) is 0.846. The molecule has 4 nitrogen and oxygen atoms in total. The van der Waals surface area contributed by atoms with Crippen molar-refractivity contribution in [2.24, 2.45) is 5.73 Å². The lowest BCUT2D eigenvalue weighted by Crippen LogP contribution is -2.44. The number of nitrogens with two attached hydrogens (primary N) is 1. The maximum absolute atomic E-state index is 13.7. The largest absolute Gasteiger partial charge is 0.326 e. The Morgan fingerprint density at radius 1 is 1.35 bits per heavy atom. The lowest BCUT2D eigenvalue weighted by atomic mass is 9.98. The third kappa shape index (κ3) is 3.69. The second-order valence-corrected chi connectivity index (χ2v) is 7.02. The van der Waals surface area contributed by atoms with E-state index in [0.29, 0.717) is 12.8 Å². The highest BCUT2D eigenvalue weighted by molar-refractivity contribution is 7.89. The lowest BCUT2D eigenvalue weighted by Gasteiger charge is -2.28. The van der Waals surface area contributed by atoms with E-state index in [9.17, 15) is 12.8 Å². The molecule has 1 rings (SSSR count). The molecule has 0 aliphatic carbocycles. The SMILES string of the molecule is CCC(C)(CC)NS(=O)(=O)c1cc(F)c(Cl)c(CN)c1. The van der Waals surface area contributed by atoms with Crippen LogP contribution in [0.2, 0.25) is 5.02 Å². The van der Waals surface area contributed by atoms with Gasteiger partial charge in [-0.05, 0) is 37.5 Å². The Kier molecular flexibility index (Phi) is 5.54. The van der Waals surface area contributed by atoms with Crippen LogP contribution in [0.4, 0.5) is 4.39 Å². The third-order valence-electron chi connectivity index (χ3n) is 3.55. The highest BCUT2D eigenvalue weighted by Crippen LogP contribution is 2.25. The average molecular weight is 323 g/mol. The van der Waals surface area contributed by atoms with E-state index in [4.69, 9.17) is 17.3 Å². The monoisotopic (exact) mass is 322 g/mol. The van der Waals surface area contributed by atoms with Gasteiger partial charge in [0, 0.05) is 12.1 Å². The van der Waals surface area contributed by atoms with Crippen molar-refractivity contribution >= 4 is 21.6 Å². The van der Waals surface area contributed by atoms with E-state index >= 15 is 0 Å². The van der Waals surface area contributed by atoms with Crippen molar-refractivity contribution in [1.82, 2.24) is 4.72 Å². The molecule has 0 radical (unpaired) electrons. The van der Waals surface area contributed by atoms with Gasteiger partial charge in [-0.25, -0.2) is 17.5 Å². The van der Waals surface area contributed by atoms with Crippen molar-refractivity contribution in [1.29, 1.82) is 0 Å². The van der Waals surface area contributed by atoms with Crippen LogP contribution in [0.15, 0.2) is 17.0 Å². The molecular formula is C13H20ClFN2O2S. The number of benzene rings is 1. The van der Waals surface area contributed by atoms with Crippen LogP contribution in [-0.4, -0.2) is 14.0 Å². The fourth-order valence-electron chi connectivity index (χ4n) is 1.70. The molecule has 0 saturated heterocycles. The van der Waals surface area contributed by atoms with E-state index in [0.717, 1.165) is 6.07 Å². The van der Waals surface area contributed by atoms with Crippen molar-refractivity contribution in [2.75, 3.05) is 0 Å².